The maximum Gasteiger partial charge on any atom is 0.254 e. The second kappa shape index (κ2) is 8.19. The molecule has 6 heteroatoms. The largest absolute Gasteiger partial charge is 0.489 e. The fourth-order valence-corrected chi connectivity index (χ4v) is 5.36. The van der Waals surface area contributed by atoms with Gasteiger partial charge in [-0.15, -0.1) is 11.3 Å². The average molecular weight is 432 g/mol. The minimum Gasteiger partial charge on any atom is -0.489 e. The van der Waals surface area contributed by atoms with Gasteiger partial charge in [0.25, 0.3) is 5.91 Å². The Hall–Kier alpha value is -3.12. The maximum absolute atomic E-state index is 13.5. The van der Waals surface area contributed by atoms with Crippen LogP contribution in [0.3, 0.4) is 0 Å². The Labute approximate surface area is 185 Å². The summed E-state index contributed by atoms with van der Waals surface area (Å²) in [5.41, 5.74) is 2.82. The first-order valence-corrected chi connectivity index (χ1v) is 11.5. The summed E-state index contributed by atoms with van der Waals surface area (Å²) in [5, 5.41) is 3.07. The van der Waals surface area contributed by atoms with Gasteiger partial charge in [0.1, 0.15) is 18.2 Å². The lowest BCUT2D eigenvalue weighted by molar-refractivity contribution is 0.0703. The summed E-state index contributed by atoms with van der Waals surface area (Å²) in [5.74, 6) is 2.09. The van der Waals surface area contributed by atoms with E-state index in [-0.39, 0.29) is 11.8 Å². The van der Waals surface area contributed by atoms with Crippen LogP contribution in [0.2, 0.25) is 0 Å². The molecule has 31 heavy (non-hydrogen) atoms. The van der Waals surface area contributed by atoms with Crippen molar-refractivity contribution in [1.29, 1.82) is 0 Å². The quantitative estimate of drug-likeness (QED) is 0.399. The molecule has 1 atom stereocenters. The molecule has 0 radical (unpaired) electrons. The average Bonchev–Trinajstić information content (AvgIpc) is 3.42. The number of para-hydroxylation sites is 2. The number of ether oxygens (including phenoxy) is 1. The van der Waals surface area contributed by atoms with Gasteiger partial charge in [-0.25, -0.2) is 4.98 Å². The number of aryl methyl sites for hydroxylation is 1. The summed E-state index contributed by atoms with van der Waals surface area (Å²) < 4.78 is 9.09. The number of fused-ring (bicyclic) bond motifs is 2. The minimum atomic E-state index is 0.0576. The predicted octanol–water partition coefficient (Wildman–Crippen LogP) is 5.37. The smallest absolute Gasteiger partial charge is 0.254 e. The highest BCUT2D eigenvalue weighted by molar-refractivity contribution is 7.17. The molecule has 1 amide bonds. The summed E-state index contributed by atoms with van der Waals surface area (Å²) in [6.07, 6.45) is 3.73. The Bertz CT molecular complexity index is 1270. The van der Waals surface area contributed by atoms with Crippen molar-refractivity contribution in [2.24, 2.45) is 7.05 Å². The van der Waals surface area contributed by atoms with Crippen LogP contribution >= 0.6 is 11.3 Å². The third-order valence-electron chi connectivity index (χ3n) is 6.03. The monoisotopic (exact) mass is 431 g/mol. The molecular weight excluding hydrogens is 406 g/mol. The molecule has 1 aliphatic heterocycles. The molecule has 3 heterocycles. The highest BCUT2D eigenvalue weighted by Gasteiger charge is 2.29. The molecular formula is C25H25N3O2S. The third kappa shape index (κ3) is 3.61. The lowest BCUT2D eigenvalue weighted by Crippen LogP contribution is -2.39. The van der Waals surface area contributed by atoms with Gasteiger partial charge in [0.15, 0.2) is 0 Å². The van der Waals surface area contributed by atoms with Crippen molar-refractivity contribution in [3.63, 3.8) is 0 Å². The number of likely N-dealkylation sites (tertiary alicyclic amines) is 1. The molecule has 0 aliphatic carbocycles. The molecule has 1 fully saturated rings. The Kier molecular flexibility index (Phi) is 5.24. The third-order valence-corrected chi connectivity index (χ3v) is 6.90. The first kappa shape index (κ1) is 19.8. The van der Waals surface area contributed by atoms with Crippen molar-refractivity contribution < 1.29 is 9.53 Å². The predicted molar refractivity (Wildman–Crippen MR) is 126 cm³/mol. The topological polar surface area (TPSA) is 47.4 Å². The molecule has 1 unspecified atom stereocenters. The Balaban J connectivity index is 1.43. The molecule has 0 spiro atoms. The summed E-state index contributed by atoms with van der Waals surface area (Å²) >= 11 is 1.63. The zero-order valence-electron chi connectivity index (χ0n) is 17.6. The maximum atomic E-state index is 13.5. The fourth-order valence-electron chi connectivity index (χ4n) is 4.51. The number of carbonyl (C=O) groups excluding carboxylic acids is 1. The lowest BCUT2D eigenvalue weighted by Gasteiger charge is -2.32. The number of rotatable bonds is 5. The summed E-state index contributed by atoms with van der Waals surface area (Å²) in [4.78, 5) is 20.3. The lowest BCUT2D eigenvalue weighted by atomic mass is 9.96. The van der Waals surface area contributed by atoms with Crippen molar-refractivity contribution in [1.82, 2.24) is 14.5 Å². The molecule has 1 aliphatic rings. The van der Waals surface area contributed by atoms with Gasteiger partial charge in [0.2, 0.25) is 0 Å². The molecule has 5 rings (SSSR count). The molecule has 2 aromatic carbocycles. The van der Waals surface area contributed by atoms with Crippen molar-refractivity contribution in [3.8, 4) is 5.75 Å². The van der Waals surface area contributed by atoms with Crippen molar-refractivity contribution in [3.05, 3.63) is 71.9 Å². The number of benzene rings is 2. The molecule has 0 saturated carbocycles. The van der Waals surface area contributed by atoms with Crippen LogP contribution in [0.25, 0.3) is 21.1 Å². The number of piperidine rings is 1. The number of amides is 1. The molecule has 4 aromatic rings. The van der Waals surface area contributed by atoms with E-state index < -0.39 is 0 Å². The fraction of sp³-hybridized carbons (Fsp3) is 0.280. The van der Waals surface area contributed by atoms with Crippen LogP contribution in [0, 0.1) is 0 Å². The van der Waals surface area contributed by atoms with Gasteiger partial charge in [-0.1, -0.05) is 24.8 Å². The van der Waals surface area contributed by atoms with Gasteiger partial charge in [-0.3, -0.25) is 4.79 Å². The Morgan fingerprint density at radius 2 is 2.19 bits per heavy atom. The van der Waals surface area contributed by atoms with Gasteiger partial charge in [0, 0.05) is 41.7 Å². The number of thiophene rings is 1. The van der Waals surface area contributed by atoms with Gasteiger partial charge in [-0.2, -0.15) is 0 Å². The van der Waals surface area contributed by atoms with E-state index in [2.05, 4.69) is 24.3 Å². The van der Waals surface area contributed by atoms with E-state index >= 15 is 0 Å². The minimum absolute atomic E-state index is 0.0576. The molecule has 5 nitrogen and oxygen atoms in total. The van der Waals surface area contributed by atoms with Crippen LogP contribution in [-0.4, -0.2) is 40.1 Å². The number of aromatic nitrogens is 2. The van der Waals surface area contributed by atoms with Crippen LogP contribution in [0.15, 0.2) is 60.5 Å². The van der Waals surface area contributed by atoms with Crippen LogP contribution in [0.1, 0.15) is 34.9 Å². The number of nitrogens with zero attached hydrogens (tertiary/aromatic N) is 3. The van der Waals surface area contributed by atoms with Crippen LogP contribution in [-0.2, 0) is 7.05 Å². The normalized spacial score (nSPS) is 16.7. The summed E-state index contributed by atoms with van der Waals surface area (Å²) in [7, 11) is 2.07. The van der Waals surface area contributed by atoms with Crippen LogP contribution < -0.4 is 4.74 Å². The molecule has 2 aromatic heterocycles. The SMILES string of the molecule is C=CCOc1cc(C(=O)N2CCCC(c3nc4ccccc4n3C)C2)cc2sccc12. The first-order chi connectivity index (χ1) is 15.2. The Morgan fingerprint density at radius 3 is 3.03 bits per heavy atom. The molecule has 158 valence electrons. The van der Waals surface area contributed by atoms with E-state index in [0.29, 0.717) is 18.7 Å². The van der Waals surface area contributed by atoms with Gasteiger partial charge in [0.05, 0.1) is 11.0 Å². The second-order valence-electron chi connectivity index (χ2n) is 8.01. The molecule has 1 saturated heterocycles. The number of imidazole rings is 1. The van der Waals surface area contributed by atoms with E-state index in [1.807, 2.05) is 46.7 Å². The van der Waals surface area contributed by atoms with Gasteiger partial charge < -0.3 is 14.2 Å². The first-order valence-electron chi connectivity index (χ1n) is 10.6. The summed E-state index contributed by atoms with van der Waals surface area (Å²) in [6, 6.07) is 14.1. The second-order valence-corrected chi connectivity index (χ2v) is 8.96. The number of carbonyl (C=O) groups is 1. The standard InChI is InChI=1S/C25H25N3O2S/c1-3-12-30-22-14-18(15-23-19(22)10-13-31-23)25(29)28-11-6-7-17(16-28)24-26-20-8-4-5-9-21(20)27(24)2/h3-5,8-10,13-15,17H,1,6-7,11-12,16H2,2H3. The summed E-state index contributed by atoms with van der Waals surface area (Å²) in [6.45, 7) is 5.60. The van der Waals surface area contributed by atoms with Gasteiger partial charge in [-0.05, 0) is 48.6 Å². The number of hydrogen-bond donors (Lipinski definition) is 0. The highest BCUT2D eigenvalue weighted by atomic mass is 32.1. The van der Waals surface area contributed by atoms with E-state index in [9.17, 15) is 4.79 Å². The van der Waals surface area contributed by atoms with Crippen molar-refractivity contribution in [2.45, 2.75) is 18.8 Å². The van der Waals surface area contributed by atoms with E-state index in [1.54, 1.807) is 17.4 Å². The van der Waals surface area contributed by atoms with Crippen LogP contribution in [0.4, 0.5) is 0 Å². The van der Waals surface area contributed by atoms with E-state index in [0.717, 1.165) is 52.1 Å². The number of hydrogen-bond acceptors (Lipinski definition) is 4. The van der Waals surface area contributed by atoms with Crippen molar-refractivity contribution in [2.75, 3.05) is 19.7 Å². The zero-order chi connectivity index (χ0) is 21.4. The highest BCUT2D eigenvalue weighted by Crippen LogP contribution is 2.34. The molecule has 0 N–H and O–H groups in total. The zero-order valence-corrected chi connectivity index (χ0v) is 18.4. The Morgan fingerprint density at radius 1 is 1.32 bits per heavy atom. The van der Waals surface area contributed by atoms with Crippen molar-refractivity contribution >= 4 is 38.4 Å². The van der Waals surface area contributed by atoms with Crippen LogP contribution in [0.5, 0.6) is 5.75 Å². The van der Waals surface area contributed by atoms with Gasteiger partial charge >= 0.3 is 0 Å². The van der Waals surface area contributed by atoms with E-state index in [1.165, 1.54) is 0 Å². The molecule has 0 bridgehead atoms. The van der Waals surface area contributed by atoms with E-state index in [4.69, 9.17) is 9.72 Å².